The van der Waals surface area contributed by atoms with E-state index in [0.717, 1.165) is 45.6 Å². The van der Waals surface area contributed by atoms with Crippen molar-refractivity contribution in [3.63, 3.8) is 0 Å². The predicted octanol–water partition coefficient (Wildman–Crippen LogP) is 1.00. The fraction of sp³-hybridized carbons (Fsp3) is 0.611. The molecule has 2 fully saturated rings. The first-order chi connectivity index (χ1) is 11.9. The van der Waals surface area contributed by atoms with Gasteiger partial charge in [-0.05, 0) is 18.4 Å². The lowest BCUT2D eigenvalue weighted by Crippen LogP contribution is -2.52. The van der Waals surface area contributed by atoms with Crippen LogP contribution in [0.5, 0.6) is 0 Å². The number of sulfonamides is 1. The molecule has 0 N–H and O–H groups in total. The standard InChI is InChI=1S/C18H27N3O3S/c1-25(23,24)21-9-5-8-17(15-21)18(22)20-12-10-19(11-13-20)14-16-6-3-2-4-7-16/h2-4,6-7,17H,5,8-15H2,1H3. The molecule has 1 atom stereocenters. The number of nitrogens with zero attached hydrogens (tertiary/aromatic N) is 3. The predicted molar refractivity (Wildman–Crippen MR) is 97.4 cm³/mol. The molecule has 1 unspecified atom stereocenters. The molecule has 7 heteroatoms. The fourth-order valence-electron chi connectivity index (χ4n) is 3.67. The van der Waals surface area contributed by atoms with Gasteiger partial charge >= 0.3 is 0 Å². The van der Waals surface area contributed by atoms with Crippen LogP contribution in [0.4, 0.5) is 0 Å². The SMILES string of the molecule is CS(=O)(=O)N1CCCC(C(=O)N2CCN(Cc3ccccc3)CC2)C1. The van der Waals surface area contributed by atoms with Crippen LogP contribution in [-0.4, -0.2) is 74.0 Å². The van der Waals surface area contributed by atoms with Crippen molar-refractivity contribution in [3.8, 4) is 0 Å². The van der Waals surface area contributed by atoms with E-state index in [4.69, 9.17) is 0 Å². The highest BCUT2D eigenvalue weighted by Gasteiger charge is 2.33. The number of piperidine rings is 1. The van der Waals surface area contributed by atoms with E-state index in [1.54, 1.807) is 0 Å². The maximum atomic E-state index is 12.8. The van der Waals surface area contributed by atoms with E-state index >= 15 is 0 Å². The third-order valence-electron chi connectivity index (χ3n) is 5.14. The molecule has 2 aliphatic heterocycles. The van der Waals surface area contributed by atoms with Crippen molar-refractivity contribution in [2.45, 2.75) is 19.4 Å². The summed E-state index contributed by atoms with van der Waals surface area (Å²) >= 11 is 0. The van der Waals surface area contributed by atoms with Crippen LogP contribution in [0.2, 0.25) is 0 Å². The zero-order valence-electron chi connectivity index (χ0n) is 14.8. The first kappa shape index (κ1) is 18.4. The molecular formula is C18H27N3O3S. The van der Waals surface area contributed by atoms with Crippen LogP contribution in [-0.2, 0) is 21.4 Å². The molecule has 138 valence electrons. The summed E-state index contributed by atoms with van der Waals surface area (Å²) in [6.45, 7) is 4.96. The number of carbonyl (C=O) groups excluding carboxylic acids is 1. The molecule has 0 aliphatic carbocycles. The molecule has 1 aromatic rings. The van der Waals surface area contributed by atoms with Gasteiger partial charge in [-0.15, -0.1) is 0 Å². The highest BCUT2D eigenvalue weighted by Crippen LogP contribution is 2.21. The minimum atomic E-state index is -3.21. The van der Waals surface area contributed by atoms with Crippen LogP contribution in [0.15, 0.2) is 30.3 Å². The van der Waals surface area contributed by atoms with Crippen molar-refractivity contribution in [3.05, 3.63) is 35.9 Å². The second-order valence-electron chi connectivity index (χ2n) is 7.05. The van der Waals surface area contributed by atoms with Gasteiger partial charge in [0.1, 0.15) is 0 Å². The summed E-state index contributed by atoms with van der Waals surface area (Å²) in [5.41, 5.74) is 1.29. The molecule has 3 rings (SSSR count). The van der Waals surface area contributed by atoms with Crippen LogP contribution in [0, 0.1) is 5.92 Å². The van der Waals surface area contributed by atoms with E-state index in [9.17, 15) is 13.2 Å². The normalized spacial score (nSPS) is 23.6. The molecule has 0 spiro atoms. The Morgan fingerprint density at radius 1 is 1.08 bits per heavy atom. The zero-order chi connectivity index (χ0) is 17.9. The van der Waals surface area contributed by atoms with Crippen molar-refractivity contribution >= 4 is 15.9 Å². The van der Waals surface area contributed by atoms with Crippen LogP contribution in [0.3, 0.4) is 0 Å². The second kappa shape index (κ2) is 7.85. The highest BCUT2D eigenvalue weighted by molar-refractivity contribution is 7.88. The molecule has 2 heterocycles. The maximum Gasteiger partial charge on any atom is 0.227 e. The molecule has 6 nitrogen and oxygen atoms in total. The maximum absolute atomic E-state index is 12.8. The van der Waals surface area contributed by atoms with Crippen LogP contribution in [0.25, 0.3) is 0 Å². The van der Waals surface area contributed by atoms with Crippen molar-refractivity contribution in [1.29, 1.82) is 0 Å². The summed E-state index contributed by atoms with van der Waals surface area (Å²) in [4.78, 5) is 17.1. The van der Waals surface area contributed by atoms with Crippen molar-refractivity contribution < 1.29 is 13.2 Å². The Kier molecular flexibility index (Phi) is 5.76. The van der Waals surface area contributed by atoms with Gasteiger partial charge in [0.05, 0.1) is 12.2 Å². The summed E-state index contributed by atoms with van der Waals surface area (Å²) < 4.78 is 24.9. The molecule has 0 bridgehead atoms. The van der Waals surface area contributed by atoms with Crippen molar-refractivity contribution in [2.24, 2.45) is 5.92 Å². The molecule has 1 amide bonds. The van der Waals surface area contributed by atoms with E-state index in [0.29, 0.717) is 13.1 Å². The number of rotatable bonds is 4. The van der Waals surface area contributed by atoms with Gasteiger partial charge in [-0.25, -0.2) is 12.7 Å². The second-order valence-corrected chi connectivity index (χ2v) is 9.03. The quantitative estimate of drug-likeness (QED) is 0.799. The number of benzene rings is 1. The Bertz CT molecular complexity index is 685. The molecule has 2 saturated heterocycles. The third kappa shape index (κ3) is 4.80. The van der Waals surface area contributed by atoms with Crippen molar-refractivity contribution in [1.82, 2.24) is 14.1 Å². The molecule has 0 radical (unpaired) electrons. The topological polar surface area (TPSA) is 60.9 Å². The minimum absolute atomic E-state index is 0.118. The summed E-state index contributed by atoms with van der Waals surface area (Å²) in [5.74, 6) is -0.0724. The lowest BCUT2D eigenvalue weighted by molar-refractivity contribution is -0.138. The minimum Gasteiger partial charge on any atom is -0.340 e. The third-order valence-corrected chi connectivity index (χ3v) is 6.41. The van der Waals surface area contributed by atoms with Gasteiger partial charge in [-0.2, -0.15) is 0 Å². The lowest BCUT2D eigenvalue weighted by atomic mass is 9.97. The largest absolute Gasteiger partial charge is 0.340 e. The Balaban J connectivity index is 1.51. The van der Waals surface area contributed by atoms with E-state index in [1.165, 1.54) is 16.1 Å². The summed E-state index contributed by atoms with van der Waals surface area (Å²) in [6.07, 6.45) is 2.77. The van der Waals surface area contributed by atoms with E-state index < -0.39 is 10.0 Å². The van der Waals surface area contributed by atoms with Crippen LogP contribution in [0.1, 0.15) is 18.4 Å². The summed E-state index contributed by atoms with van der Waals surface area (Å²) in [7, 11) is -3.21. The number of hydrogen-bond donors (Lipinski definition) is 0. The van der Waals surface area contributed by atoms with Gasteiger partial charge < -0.3 is 4.90 Å². The molecular weight excluding hydrogens is 338 g/mol. The molecule has 0 saturated carbocycles. The number of carbonyl (C=O) groups is 1. The highest BCUT2D eigenvalue weighted by atomic mass is 32.2. The lowest BCUT2D eigenvalue weighted by Gasteiger charge is -2.38. The fourth-order valence-corrected chi connectivity index (χ4v) is 4.58. The average molecular weight is 365 g/mol. The van der Waals surface area contributed by atoms with Gasteiger partial charge in [0.15, 0.2) is 0 Å². The van der Waals surface area contributed by atoms with Gasteiger partial charge in [0.2, 0.25) is 15.9 Å². The smallest absolute Gasteiger partial charge is 0.227 e. The van der Waals surface area contributed by atoms with Gasteiger partial charge in [-0.3, -0.25) is 9.69 Å². The molecule has 2 aliphatic rings. The van der Waals surface area contributed by atoms with E-state index in [-0.39, 0.29) is 11.8 Å². The molecule has 25 heavy (non-hydrogen) atoms. The Morgan fingerprint density at radius 2 is 1.76 bits per heavy atom. The number of piperazine rings is 1. The Morgan fingerprint density at radius 3 is 2.40 bits per heavy atom. The van der Waals surface area contributed by atoms with Crippen LogP contribution >= 0.6 is 0 Å². The van der Waals surface area contributed by atoms with Crippen LogP contribution < -0.4 is 0 Å². The molecule has 0 aromatic heterocycles. The van der Waals surface area contributed by atoms with Gasteiger partial charge in [-0.1, -0.05) is 30.3 Å². The van der Waals surface area contributed by atoms with Gasteiger partial charge in [0, 0.05) is 45.8 Å². The monoisotopic (exact) mass is 365 g/mol. The Hall–Kier alpha value is -1.44. The zero-order valence-corrected chi connectivity index (χ0v) is 15.6. The first-order valence-electron chi connectivity index (χ1n) is 8.93. The van der Waals surface area contributed by atoms with Crippen molar-refractivity contribution in [2.75, 3.05) is 45.5 Å². The summed E-state index contributed by atoms with van der Waals surface area (Å²) in [5, 5.41) is 0. The number of amides is 1. The number of hydrogen-bond acceptors (Lipinski definition) is 4. The first-order valence-corrected chi connectivity index (χ1v) is 10.8. The van der Waals surface area contributed by atoms with E-state index in [2.05, 4.69) is 17.0 Å². The molecule has 1 aromatic carbocycles. The average Bonchev–Trinajstić information content (AvgIpc) is 2.62. The van der Waals surface area contributed by atoms with E-state index in [1.807, 2.05) is 23.1 Å². The Labute approximate surface area is 150 Å². The summed E-state index contributed by atoms with van der Waals surface area (Å²) in [6, 6.07) is 10.4. The van der Waals surface area contributed by atoms with Gasteiger partial charge in [0.25, 0.3) is 0 Å².